The van der Waals surface area contributed by atoms with Gasteiger partial charge in [-0.25, -0.2) is 13.8 Å². The van der Waals surface area contributed by atoms with Crippen molar-refractivity contribution in [2.45, 2.75) is 19.5 Å². The van der Waals surface area contributed by atoms with Gasteiger partial charge in [0.25, 0.3) is 18.2 Å². The van der Waals surface area contributed by atoms with Crippen LogP contribution in [-0.2, 0) is 13.2 Å². The summed E-state index contributed by atoms with van der Waals surface area (Å²) in [6.07, 6.45) is -6.16. The smallest absolute Gasteiger partial charge is 0.365 e. The van der Waals surface area contributed by atoms with Crippen molar-refractivity contribution in [1.82, 2.24) is 25.0 Å². The maximum atomic E-state index is 13.5. The van der Waals surface area contributed by atoms with Gasteiger partial charge in [-0.2, -0.15) is 23.4 Å². The molecule has 0 aliphatic rings. The number of carbonyl (C=O) groups is 2. The number of aromatic nitrogens is 5. The standard InChI is InChI=1S/C19H14F5N7O2S/c1-6-8(5-31(2)30-6)7-3-9(15(20)21)26-18-12(7)13(14(34-18)16(25)32)27-17(33)10-4-11(29-28-10)19(22,23)24/h3-5,15H,1-2H3,(H2,25,32)(H,27,33)(H,28,29). The second-order valence-electron chi connectivity index (χ2n) is 7.17. The Bertz CT molecular complexity index is 1440. The second kappa shape index (κ2) is 8.16. The first-order valence-corrected chi connectivity index (χ1v) is 10.2. The van der Waals surface area contributed by atoms with Crippen molar-refractivity contribution in [3.8, 4) is 11.1 Å². The summed E-state index contributed by atoms with van der Waals surface area (Å²) in [5.41, 5.74) is 3.87. The first-order chi connectivity index (χ1) is 15.9. The lowest BCUT2D eigenvalue weighted by molar-refractivity contribution is -0.141. The normalized spacial score (nSPS) is 12.0. The van der Waals surface area contributed by atoms with E-state index in [1.807, 2.05) is 0 Å². The fraction of sp³-hybridized carbons (Fsp3) is 0.211. The third-order valence-electron chi connectivity index (χ3n) is 4.79. The number of aryl methyl sites for hydroxylation is 2. The first kappa shape index (κ1) is 23.3. The number of carbonyl (C=O) groups excluding carboxylic acids is 2. The molecule has 0 saturated heterocycles. The first-order valence-electron chi connectivity index (χ1n) is 9.36. The molecular formula is C19H14F5N7O2S. The van der Waals surface area contributed by atoms with E-state index in [1.54, 1.807) is 25.3 Å². The minimum Gasteiger partial charge on any atom is -0.365 e. The molecule has 0 aliphatic heterocycles. The third kappa shape index (κ3) is 4.09. The SMILES string of the molecule is Cc1nn(C)cc1-c1cc(C(F)F)nc2sc(C(N)=O)c(NC(=O)c3cc(C(F)(F)F)[nH]n3)c12. The molecule has 4 rings (SSSR count). The zero-order valence-electron chi connectivity index (χ0n) is 17.3. The van der Waals surface area contributed by atoms with Gasteiger partial charge in [0.05, 0.1) is 11.4 Å². The predicted molar refractivity (Wildman–Crippen MR) is 112 cm³/mol. The van der Waals surface area contributed by atoms with Crippen LogP contribution in [0.2, 0.25) is 0 Å². The number of anilines is 1. The van der Waals surface area contributed by atoms with Crippen LogP contribution in [0.5, 0.6) is 0 Å². The highest BCUT2D eigenvalue weighted by atomic mass is 32.1. The highest BCUT2D eigenvalue weighted by Crippen LogP contribution is 2.43. The van der Waals surface area contributed by atoms with E-state index in [-0.39, 0.29) is 26.3 Å². The molecule has 4 aromatic rings. The number of pyridine rings is 1. The Morgan fingerprint density at radius 3 is 2.47 bits per heavy atom. The van der Waals surface area contributed by atoms with Crippen LogP contribution >= 0.6 is 11.3 Å². The highest BCUT2D eigenvalue weighted by Gasteiger charge is 2.34. The van der Waals surface area contributed by atoms with Crippen LogP contribution in [-0.4, -0.2) is 36.8 Å². The number of aromatic amines is 1. The second-order valence-corrected chi connectivity index (χ2v) is 8.17. The van der Waals surface area contributed by atoms with Gasteiger partial charge in [-0.05, 0) is 18.6 Å². The van der Waals surface area contributed by atoms with Crippen molar-refractivity contribution in [3.05, 3.63) is 46.0 Å². The van der Waals surface area contributed by atoms with Crippen molar-refractivity contribution >= 4 is 39.1 Å². The van der Waals surface area contributed by atoms with Crippen molar-refractivity contribution in [1.29, 1.82) is 0 Å². The zero-order valence-corrected chi connectivity index (χ0v) is 18.1. The average Bonchev–Trinajstić information content (AvgIpc) is 3.44. The molecule has 0 aliphatic carbocycles. The van der Waals surface area contributed by atoms with E-state index < -0.39 is 41.5 Å². The van der Waals surface area contributed by atoms with Gasteiger partial charge in [0.15, 0.2) is 5.69 Å². The Morgan fingerprint density at radius 1 is 1.24 bits per heavy atom. The Balaban J connectivity index is 1.92. The number of nitrogens with two attached hydrogens (primary N) is 1. The van der Waals surface area contributed by atoms with E-state index in [1.165, 1.54) is 4.68 Å². The average molecular weight is 499 g/mol. The molecule has 4 N–H and O–H groups in total. The largest absolute Gasteiger partial charge is 0.432 e. The molecule has 0 fully saturated rings. The lowest BCUT2D eigenvalue weighted by Crippen LogP contribution is -2.17. The van der Waals surface area contributed by atoms with E-state index in [4.69, 9.17) is 5.73 Å². The number of rotatable bonds is 5. The quantitative estimate of drug-likeness (QED) is 0.357. The van der Waals surface area contributed by atoms with E-state index in [2.05, 4.69) is 20.5 Å². The fourth-order valence-electron chi connectivity index (χ4n) is 3.36. The lowest BCUT2D eigenvalue weighted by atomic mass is 10.0. The van der Waals surface area contributed by atoms with Crippen molar-refractivity contribution < 1.29 is 31.5 Å². The van der Waals surface area contributed by atoms with Crippen LogP contribution in [0.15, 0.2) is 18.3 Å². The summed E-state index contributed by atoms with van der Waals surface area (Å²) >= 11 is 0.663. The summed E-state index contributed by atoms with van der Waals surface area (Å²) in [5.74, 6) is -2.08. The number of amides is 2. The Morgan fingerprint density at radius 2 is 1.94 bits per heavy atom. The summed E-state index contributed by atoms with van der Waals surface area (Å²) in [6, 6.07) is 1.59. The molecule has 0 bridgehead atoms. The van der Waals surface area contributed by atoms with Gasteiger partial charge in [0.2, 0.25) is 0 Å². The zero-order chi connectivity index (χ0) is 24.9. The van der Waals surface area contributed by atoms with E-state index in [0.29, 0.717) is 28.7 Å². The van der Waals surface area contributed by atoms with Gasteiger partial charge < -0.3 is 11.1 Å². The molecule has 15 heteroatoms. The third-order valence-corrected chi connectivity index (χ3v) is 5.89. The minimum absolute atomic E-state index is 0.0295. The van der Waals surface area contributed by atoms with Gasteiger partial charge >= 0.3 is 6.18 Å². The number of hydrogen-bond acceptors (Lipinski definition) is 6. The summed E-state index contributed by atoms with van der Waals surface area (Å²) in [6.45, 7) is 1.63. The molecule has 178 valence electrons. The lowest BCUT2D eigenvalue weighted by Gasteiger charge is -2.10. The molecule has 0 radical (unpaired) electrons. The van der Waals surface area contributed by atoms with Crippen LogP contribution in [0.25, 0.3) is 21.3 Å². The molecule has 34 heavy (non-hydrogen) atoms. The predicted octanol–water partition coefficient (Wildman–Crippen LogP) is 4.04. The van der Waals surface area contributed by atoms with Crippen molar-refractivity contribution in [2.75, 3.05) is 5.32 Å². The molecule has 9 nitrogen and oxygen atoms in total. The molecule has 0 atom stereocenters. The fourth-order valence-corrected chi connectivity index (χ4v) is 4.37. The molecule has 2 amide bonds. The van der Waals surface area contributed by atoms with Crippen LogP contribution in [0.4, 0.5) is 27.6 Å². The van der Waals surface area contributed by atoms with Gasteiger partial charge in [0, 0.05) is 30.3 Å². The number of hydrogen-bond donors (Lipinski definition) is 3. The van der Waals surface area contributed by atoms with Crippen molar-refractivity contribution in [3.63, 3.8) is 0 Å². The summed E-state index contributed by atoms with van der Waals surface area (Å²) in [4.78, 5) is 28.4. The summed E-state index contributed by atoms with van der Waals surface area (Å²) in [5, 5.41) is 11.7. The maximum absolute atomic E-state index is 13.5. The van der Waals surface area contributed by atoms with Crippen LogP contribution in [0.1, 0.15) is 43.7 Å². The number of nitrogens with zero attached hydrogens (tertiary/aromatic N) is 4. The minimum atomic E-state index is -4.76. The maximum Gasteiger partial charge on any atom is 0.432 e. The van der Waals surface area contributed by atoms with E-state index in [9.17, 15) is 31.5 Å². The topological polar surface area (TPSA) is 132 Å². The molecule has 0 spiro atoms. The van der Waals surface area contributed by atoms with Gasteiger partial charge in [0.1, 0.15) is 21.1 Å². The van der Waals surface area contributed by atoms with E-state index >= 15 is 0 Å². The number of alkyl halides is 5. The van der Waals surface area contributed by atoms with Crippen LogP contribution in [0.3, 0.4) is 0 Å². The van der Waals surface area contributed by atoms with Crippen LogP contribution < -0.4 is 11.1 Å². The monoisotopic (exact) mass is 499 g/mol. The Labute approximate surface area is 190 Å². The number of thiophene rings is 1. The van der Waals surface area contributed by atoms with Gasteiger partial charge in [-0.1, -0.05) is 0 Å². The molecule has 0 saturated carbocycles. The molecule has 4 heterocycles. The number of nitrogens with one attached hydrogen (secondary N) is 2. The Hall–Kier alpha value is -3.88. The summed E-state index contributed by atoms with van der Waals surface area (Å²) < 4.78 is 67.1. The molecule has 0 aromatic carbocycles. The number of H-pyrrole nitrogens is 1. The molecule has 0 unspecified atom stereocenters. The van der Waals surface area contributed by atoms with Crippen molar-refractivity contribution in [2.24, 2.45) is 12.8 Å². The summed E-state index contributed by atoms with van der Waals surface area (Å²) in [7, 11) is 1.61. The van der Waals surface area contributed by atoms with E-state index in [0.717, 1.165) is 6.07 Å². The molecule has 4 aromatic heterocycles. The molecular weight excluding hydrogens is 485 g/mol. The highest BCUT2D eigenvalue weighted by molar-refractivity contribution is 7.21. The van der Waals surface area contributed by atoms with Crippen LogP contribution in [0, 0.1) is 6.92 Å². The van der Waals surface area contributed by atoms with Gasteiger partial charge in [-0.3, -0.25) is 19.4 Å². The Kier molecular flexibility index (Phi) is 5.59. The number of primary amides is 1. The number of fused-ring (bicyclic) bond motifs is 1. The van der Waals surface area contributed by atoms with Gasteiger partial charge in [-0.15, -0.1) is 11.3 Å². The number of halogens is 5.